The Labute approximate surface area is 112 Å². The van der Waals surface area contributed by atoms with Crippen molar-refractivity contribution < 1.29 is 14.3 Å². The number of aromatic amines is 1. The molecule has 0 spiro atoms. The van der Waals surface area contributed by atoms with Crippen LogP contribution in [0.3, 0.4) is 0 Å². The third-order valence-electron chi connectivity index (χ3n) is 2.28. The van der Waals surface area contributed by atoms with Gasteiger partial charge in [0.1, 0.15) is 0 Å². The van der Waals surface area contributed by atoms with Crippen LogP contribution < -0.4 is 5.32 Å². The number of amides is 1. The topological polar surface area (TPSA) is 97.0 Å². The second-order valence-electron chi connectivity index (χ2n) is 3.50. The minimum Gasteiger partial charge on any atom is -0.465 e. The zero-order valence-electron chi connectivity index (χ0n) is 9.81. The Morgan fingerprint density at radius 3 is 2.84 bits per heavy atom. The maximum atomic E-state index is 11.8. The van der Waals surface area contributed by atoms with Crippen LogP contribution in [0.15, 0.2) is 24.4 Å². The molecule has 0 saturated heterocycles. The first-order valence-electron chi connectivity index (χ1n) is 5.17. The first kappa shape index (κ1) is 13.0. The van der Waals surface area contributed by atoms with Gasteiger partial charge in [-0.15, -0.1) is 0 Å². The van der Waals surface area contributed by atoms with Crippen LogP contribution in [-0.4, -0.2) is 34.4 Å². The van der Waals surface area contributed by atoms with Gasteiger partial charge in [0.25, 0.3) is 5.91 Å². The molecule has 1 aromatic carbocycles. The lowest BCUT2D eigenvalue weighted by Crippen LogP contribution is -2.13. The third-order valence-corrected chi connectivity index (χ3v) is 2.61. The lowest BCUT2D eigenvalue weighted by Gasteiger charge is -2.07. The molecular formula is C11H9ClN4O3. The Bertz CT molecular complexity index is 612. The summed E-state index contributed by atoms with van der Waals surface area (Å²) >= 11 is 5.94. The number of nitrogens with one attached hydrogen (secondary N) is 2. The number of aromatic nitrogens is 3. The molecule has 0 aliphatic rings. The van der Waals surface area contributed by atoms with Gasteiger partial charge in [-0.2, -0.15) is 15.4 Å². The number of hydrogen-bond acceptors (Lipinski definition) is 5. The van der Waals surface area contributed by atoms with E-state index < -0.39 is 11.9 Å². The second-order valence-corrected chi connectivity index (χ2v) is 3.90. The number of H-pyrrole nitrogens is 1. The minimum absolute atomic E-state index is 0.111. The maximum absolute atomic E-state index is 11.8. The Balaban J connectivity index is 2.24. The van der Waals surface area contributed by atoms with Gasteiger partial charge in [0.15, 0.2) is 5.69 Å². The number of carbonyl (C=O) groups excluding carboxylic acids is 2. The lowest BCUT2D eigenvalue weighted by molar-refractivity contribution is 0.0600. The van der Waals surface area contributed by atoms with Crippen LogP contribution >= 0.6 is 11.6 Å². The first-order valence-corrected chi connectivity index (χ1v) is 5.54. The second kappa shape index (κ2) is 5.49. The van der Waals surface area contributed by atoms with E-state index >= 15 is 0 Å². The average molecular weight is 281 g/mol. The molecule has 1 heterocycles. The highest BCUT2D eigenvalue weighted by Crippen LogP contribution is 2.23. The average Bonchev–Trinajstić information content (AvgIpc) is 2.94. The number of nitrogens with zero attached hydrogens (tertiary/aromatic N) is 2. The Kier molecular flexibility index (Phi) is 3.76. The molecule has 1 aromatic heterocycles. The minimum atomic E-state index is -0.520. The highest BCUT2D eigenvalue weighted by atomic mass is 35.5. The van der Waals surface area contributed by atoms with E-state index in [9.17, 15) is 9.59 Å². The van der Waals surface area contributed by atoms with Gasteiger partial charge in [0.05, 0.1) is 29.6 Å². The highest BCUT2D eigenvalue weighted by molar-refractivity contribution is 6.34. The summed E-state index contributed by atoms with van der Waals surface area (Å²) in [5.74, 6) is -1.01. The number of methoxy groups -OCH3 is 1. The zero-order chi connectivity index (χ0) is 13.8. The Morgan fingerprint density at radius 1 is 1.42 bits per heavy atom. The number of benzene rings is 1. The van der Waals surface area contributed by atoms with Crippen molar-refractivity contribution in [3.8, 4) is 0 Å². The van der Waals surface area contributed by atoms with Crippen molar-refractivity contribution in [1.82, 2.24) is 15.4 Å². The number of carbonyl (C=O) groups is 2. The van der Waals surface area contributed by atoms with Crippen LogP contribution in [0.4, 0.5) is 5.69 Å². The molecule has 98 valence electrons. The molecule has 0 fully saturated rings. The highest BCUT2D eigenvalue weighted by Gasteiger charge is 2.13. The number of ether oxygens (including phenoxy) is 1. The van der Waals surface area contributed by atoms with E-state index in [0.717, 1.165) is 0 Å². The van der Waals surface area contributed by atoms with E-state index in [-0.39, 0.29) is 16.9 Å². The van der Waals surface area contributed by atoms with E-state index in [1.165, 1.54) is 31.5 Å². The summed E-state index contributed by atoms with van der Waals surface area (Å²) in [6.07, 6.45) is 1.27. The van der Waals surface area contributed by atoms with E-state index in [1.54, 1.807) is 0 Å². The largest absolute Gasteiger partial charge is 0.465 e. The fourth-order valence-corrected chi connectivity index (χ4v) is 1.53. The summed E-state index contributed by atoms with van der Waals surface area (Å²) in [4.78, 5) is 23.2. The quantitative estimate of drug-likeness (QED) is 0.830. The van der Waals surface area contributed by atoms with Crippen LogP contribution in [0, 0.1) is 0 Å². The summed E-state index contributed by atoms with van der Waals surface area (Å²) in [7, 11) is 1.27. The van der Waals surface area contributed by atoms with Gasteiger partial charge in [-0.05, 0) is 18.2 Å². The predicted octanol–water partition coefficient (Wildman–Crippen LogP) is 1.50. The Morgan fingerprint density at radius 2 is 2.21 bits per heavy atom. The molecule has 2 N–H and O–H groups in total. The van der Waals surface area contributed by atoms with Gasteiger partial charge in [-0.1, -0.05) is 11.6 Å². The third kappa shape index (κ3) is 2.89. The molecule has 0 unspecified atom stereocenters. The van der Waals surface area contributed by atoms with Crippen molar-refractivity contribution in [1.29, 1.82) is 0 Å². The number of hydrogen-bond donors (Lipinski definition) is 2. The molecule has 7 nitrogen and oxygen atoms in total. The number of esters is 1. The molecule has 0 aliphatic carbocycles. The summed E-state index contributed by atoms with van der Waals surface area (Å²) in [6, 6.07) is 4.41. The number of rotatable bonds is 3. The molecule has 1 amide bonds. The molecule has 0 radical (unpaired) electrons. The van der Waals surface area contributed by atoms with Crippen molar-refractivity contribution in [2.75, 3.05) is 12.4 Å². The van der Waals surface area contributed by atoms with Crippen molar-refractivity contribution in [2.24, 2.45) is 0 Å². The number of anilines is 1. The molecule has 2 aromatic rings. The maximum Gasteiger partial charge on any atom is 0.337 e. The SMILES string of the molecule is COC(=O)c1ccc(Cl)c(NC(=O)c2cn[nH]n2)c1. The summed E-state index contributed by atoms with van der Waals surface area (Å²) in [5, 5.41) is 12.3. The van der Waals surface area contributed by atoms with E-state index in [2.05, 4.69) is 25.5 Å². The van der Waals surface area contributed by atoms with Crippen molar-refractivity contribution in [3.63, 3.8) is 0 Å². The van der Waals surface area contributed by atoms with Crippen molar-refractivity contribution in [2.45, 2.75) is 0 Å². The monoisotopic (exact) mass is 280 g/mol. The molecule has 0 bridgehead atoms. The van der Waals surface area contributed by atoms with Crippen LogP contribution in [0.1, 0.15) is 20.8 Å². The molecular weight excluding hydrogens is 272 g/mol. The van der Waals surface area contributed by atoms with Gasteiger partial charge in [-0.3, -0.25) is 4.79 Å². The molecule has 2 rings (SSSR count). The van der Waals surface area contributed by atoms with Crippen LogP contribution in [0.25, 0.3) is 0 Å². The van der Waals surface area contributed by atoms with E-state index in [4.69, 9.17) is 11.6 Å². The smallest absolute Gasteiger partial charge is 0.337 e. The van der Waals surface area contributed by atoms with Gasteiger partial charge in [0.2, 0.25) is 0 Å². The van der Waals surface area contributed by atoms with E-state index in [1.807, 2.05) is 0 Å². The first-order chi connectivity index (χ1) is 9.11. The van der Waals surface area contributed by atoms with E-state index in [0.29, 0.717) is 5.02 Å². The van der Waals surface area contributed by atoms with Gasteiger partial charge < -0.3 is 10.1 Å². The summed E-state index contributed by atoms with van der Waals surface area (Å²) in [6.45, 7) is 0. The van der Waals surface area contributed by atoms with Crippen molar-refractivity contribution in [3.05, 3.63) is 40.7 Å². The zero-order valence-corrected chi connectivity index (χ0v) is 10.6. The van der Waals surface area contributed by atoms with Crippen LogP contribution in [0.2, 0.25) is 5.02 Å². The number of halogens is 1. The molecule has 0 aliphatic heterocycles. The van der Waals surface area contributed by atoms with Gasteiger partial charge in [-0.25, -0.2) is 4.79 Å². The van der Waals surface area contributed by atoms with Gasteiger partial charge in [0, 0.05) is 0 Å². The fourth-order valence-electron chi connectivity index (χ4n) is 1.36. The lowest BCUT2D eigenvalue weighted by atomic mass is 10.2. The standard InChI is InChI=1S/C11H9ClN4O3/c1-19-11(18)6-2-3-7(12)8(4-6)14-10(17)9-5-13-16-15-9/h2-5H,1H3,(H,14,17)(H,13,15,16). The summed E-state index contributed by atoms with van der Waals surface area (Å²) < 4.78 is 4.59. The molecule has 19 heavy (non-hydrogen) atoms. The predicted molar refractivity (Wildman–Crippen MR) is 67.1 cm³/mol. The van der Waals surface area contributed by atoms with Gasteiger partial charge >= 0.3 is 5.97 Å². The molecule has 0 atom stereocenters. The molecule has 8 heteroatoms. The van der Waals surface area contributed by atoms with Crippen LogP contribution in [0.5, 0.6) is 0 Å². The van der Waals surface area contributed by atoms with Crippen LogP contribution in [-0.2, 0) is 4.74 Å². The Hall–Kier alpha value is -2.41. The summed E-state index contributed by atoms with van der Waals surface area (Å²) in [5.41, 5.74) is 0.680. The van der Waals surface area contributed by atoms with Crippen molar-refractivity contribution >= 4 is 29.2 Å². The normalized spacial score (nSPS) is 10.0. The molecule has 0 saturated carbocycles. The fraction of sp³-hybridized carbons (Fsp3) is 0.0909.